The summed E-state index contributed by atoms with van der Waals surface area (Å²) in [4.78, 5) is 14.4. The number of carbonyl (C=O) groups is 1. The van der Waals surface area contributed by atoms with Crippen molar-refractivity contribution in [2.45, 2.75) is 12.1 Å². The fourth-order valence-electron chi connectivity index (χ4n) is 3.25. The molecule has 1 saturated heterocycles. The predicted molar refractivity (Wildman–Crippen MR) is 116 cm³/mol. The summed E-state index contributed by atoms with van der Waals surface area (Å²) < 4.78 is 12.6. The van der Waals surface area contributed by atoms with Crippen LogP contribution in [0.25, 0.3) is 17.1 Å². The zero-order valence-corrected chi connectivity index (χ0v) is 17.9. The summed E-state index contributed by atoms with van der Waals surface area (Å²) >= 11 is 1.40. The van der Waals surface area contributed by atoms with Gasteiger partial charge in [0.15, 0.2) is 11.0 Å². The smallest absolute Gasteiger partial charge is 0.233 e. The highest BCUT2D eigenvalue weighted by Gasteiger charge is 2.21. The van der Waals surface area contributed by atoms with Gasteiger partial charge in [0.25, 0.3) is 0 Å². The first-order valence-corrected chi connectivity index (χ1v) is 10.8. The molecule has 1 aliphatic rings. The number of nitrogens with zero attached hydrogens (tertiary/aromatic N) is 4. The van der Waals surface area contributed by atoms with Gasteiger partial charge < -0.3 is 14.4 Å². The SMILES string of the molecule is COc1ccc(-n2c(SCC(=O)N3CCOCC3)nnc2-c2ccc(C)cc2)cc1. The molecule has 7 nitrogen and oxygen atoms in total. The van der Waals surface area contributed by atoms with Crippen molar-refractivity contribution in [1.82, 2.24) is 19.7 Å². The number of morpholine rings is 1. The van der Waals surface area contributed by atoms with E-state index in [1.54, 1.807) is 7.11 Å². The largest absolute Gasteiger partial charge is 0.497 e. The van der Waals surface area contributed by atoms with Crippen molar-refractivity contribution in [3.63, 3.8) is 0 Å². The number of methoxy groups -OCH3 is 1. The normalized spacial score (nSPS) is 14.0. The molecule has 1 aliphatic heterocycles. The van der Waals surface area contributed by atoms with Crippen LogP contribution < -0.4 is 4.74 Å². The molecular weight excluding hydrogens is 400 g/mol. The van der Waals surface area contributed by atoms with Crippen LogP contribution in [0.4, 0.5) is 0 Å². The van der Waals surface area contributed by atoms with Gasteiger partial charge in [0, 0.05) is 24.3 Å². The molecule has 2 aromatic carbocycles. The molecule has 0 atom stereocenters. The number of aromatic nitrogens is 3. The minimum Gasteiger partial charge on any atom is -0.497 e. The maximum atomic E-state index is 12.6. The van der Waals surface area contributed by atoms with Crippen molar-refractivity contribution < 1.29 is 14.3 Å². The summed E-state index contributed by atoms with van der Waals surface area (Å²) in [5.74, 6) is 1.91. The number of hydrogen-bond donors (Lipinski definition) is 0. The Balaban J connectivity index is 1.63. The molecule has 30 heavy (non-hydrogen) atoms. The Hall–Kier alpha value is -2.84. The van der Waals surface area contributed by atoms with Gasteiger partial charge in [0.05, 0.1) is 26.1 Å². The Bertz CT molecular complexity index is 996. The lowest BCUT2D eigenvalue weighted by atomic mass is 10.1. The van der Waals surface area contributed by atoms with E-state index in [1.165, 1.54) is 17.3 Å². The van der Waals surface area contributed by atoms with Gasteiger partial charge in [-0.05, 0) is 31.2 Å². The molecule has 2 heterocycles. The monoisotopic (exact) mass is 424 g/mol. The van der Waals surface area contributed by atoms with Crippen LogP contribution in [-0.2, 0) is 9.53 Å². The maximum Gasteiger partial charge on any atom is 0.233 e. The molecule has 0 radical (unpaired) electrons. The highest BCUT2D eigenvalue weighted by atomic mass is 32.2. The molecular formula is C22H24N4O3S. The third kappa shape index (κ3) is 4.49. The van der Waals surface area contributed by atoms with Gasteiger partial charge in [0.1, 0.15) is 5.75 Å². The number of carbonyl (C=O) groups excluding carboxylic acids is 1. The average molecular weight is 425 g/mol. The lowest BCUT2D eigenvalue weighted by Gasteiger charge is -2.26. The highest BCUT2D eigenvalue weighted by Crippen LogP contribution is 2.29. The molecule has 1 aromatic heterocycles. The second-order valence-electron chi connectivity index (χ2n) is 6.99. The number of hydrogen-bond acceptors (Lipinski definition) is 6. The Morgan fingerprint density at radius 3 is 2.43 bits per heavy atom. The van der Waals surface area contributed by atoms with Crippen LogP contribution in [0.3, 0.4) is 0 Å². The van der Waals surface area contributed by atoms with E-state index in [9.17, 15) is 4.79 Å². The van der Waals surface area contributed by atoms with E-state index in [1.807, 2.05) is 45.9 Å². The van der Waals surface area contributed by atoms with Crippen molar-refractivity contribution >= 4 is 17.7 Å². The maximum absolute atomic E-state index is 12.6. The van der Waals surface area contributed by atoms with Gasteiger partial charge in [-0.2, -0.15) is 0 Å². The van der Waals surface area contributed by atoms with Crippen molar-refractivity contribution in [2.75, 3.05) is 39.2 Å². The highest BCUT2D eigenvalue weighted by molar-refractivity contribution is 7.99. The first kappa shape index (κ1) is 20.4. The minimum absolute atomic E-state index is 0.0875. The molecule has 1 amide bonds. The molecule has 1 fully saturated rings. The quantitative estimate of drug-likeness (QED) is 0.566. The third-order valence-electron chi connectivity index (χ3n) is 4.96. The van der Waals surface area contributed by atoms with Crippen LogP contribution >= 0.6 is 11.8 Å². The first-order chi connectivity index (χ1) is 14.7. The Kier molecular flexibility index (Phi) is 6.35. The van der Waals surface area contributed by atoms with E-state index < -0.39 is 0 Å². The molecule has 0 unspecified atom stereocenters. The van der Waals surface area contributed by atoms with Gasteiger partial charge >= 0.3 is 0 Å². The van der Waals surface area contributed by atoms with Crippen LogP contribution in [0.1, 0.15) is 5.56 Å². The van der Waals surface area contributed by atoms with Gasteiger partial charge in [0.2, 0.25) is 5.91 Å². The minimum atomic E-state index is 0.0875. The molecule has 156 valence electrons. The standard InChI is InChI=1S/C22H24N4O3S/c1-16-3-5-17(6-4-16)21-23-24-22(26(21)18-7-9-19(28-2)10-8-18)30-15-20(27)25-11-13-29-14-12-25/h3-10H,11-15H2,1-2H3. The van der Waals surface area contributed by atoms with Crippen molar-refractivity contribution in [2.24, 2.45) is 0 Å². The number of thioether (sulfide) groups is 1. The number of ether oxygens (including phenoxy) is 2. The average Bonchev–Trinajstić information content (AvgIpc) is 3.22. The summed E-state index contributed by atoms with van der Waals surface area (Å²) in [5.41, 5.74) is 3.06. The van der Waals surface area contributed by atoms with E-state index in [4.69, 9.17) is 9.47 Å². The summed E-state index contributed by atoms with van der Waals surface area (Å²) in [6.45, 7) is 4.51. The predicted octanol–water partition coefficient (Wildman–Crippen LogP) is 3.20. The van der Waals surface area contributed by atoms with Gasteiger partial charge in [-0.3, -0.25) is 9.36 Å². The van der Waals surface area contributed by atoms with Crippen molar-refractivity contribution in [1.29, 1.82) is 0 Å². The zero-order chi connectivity index (χ0) is 20.9. The Morgan fingerprint density at radius 1 is 1.07 bits per heavy atom. The Morgan fingerprint density at radius 2 is 1.77 bits per heavy atom. The van der Waals surface area contributed by atoms with E-state index >= 15 is 0 Å². The lowest BCUT2D eigenvalue weighted by Crippen LogP contribution is -2.41. The topological polar surface area (TPSA) is 69.5 Å². The van der Waals surface area contributed by atoms with Crippen LogP contribution in [-0.4, -0.2) is 64.7 Å². The molecule has 0 aliphatic carbocycles. The molecule has 4 rings (SSSR count). The van der Waals surface area contributed by atoms with Crippen LogP contribution in [0.2, 0.25) is 0 Å². The molecule has 0 N–H and O–H groups in total. The molecule has 8 heteroatoms. The van der Waals surface area contributed by atoms with Crippen molar-refractivity contribution in [3.05, 3.63) is 54.1 Å². The third-order valence-corrected chi connectivity index (χ3v) is 5.88. The van der Waals surface area contributed by atoms with Gasteiger partial charge in [-0.15, -0.1) is 10.2 Å². The van der Waals surface area contributed by atoms with E-state index in [-0.39, 0.29) is 5.91 Å². The van der Waals surface area contributed by atoms with Gasteiger partial charge in [-0.1, -0.05) is 41.6 Å². The molecule has 0 spiro atoms. The van der Waals surface area contributed by atoms with E-state index in [0.717, 1.165) is 22.8 Å². The van der Waals surface area contributed by atoms with Crippen LogP contribution in [0.15, 0.2) is 53.7 Å². The van der Waals surface area contributed by atoms with E-state index in [2.05, 4.69) is 29.3 Å². The first-order valence-electron chi connectivity index (χ1n) is 9.81. The summed E-state index contributed by atoms with van der Waals surface area (Å²) in [6, 6.07) is 15.9. The van der Waals surface area contributed by atoms with Crippen molar-refractivity contribution in [3.8, 4) is 22.8 Å². The van der Waals surface area contributed by atoms with E-state index in [0.29, 0.717) is 37.2 Å². The summed E-state index contributed by atoms with van der Waals surface area (Å²) in [5, 5.41) is 9.52. The van der Waals surface area contributed by atoms with Gasteiger partial charge in [-0.25, -0.2) is 0 Å². The second-order valence-corrected chi connectivity index (χ2v) is 7.93. The second kappa shape index (κ2) is 9.32. The van der Waals surface area contributed by atoms with Crippen LogP contribution in [0.5, 0.6) is 5.75 Å². The lowest BCUT2D eigenvalue weighted by molar-refractivity contribution is -0.132. The number of amides is 1. The fraction of sp³-hybridized carbons (Fsp3) is 0.318. The summed E-state index contributed by atoms with van der Waals surface area (Å²) in [7, 11) is 1.64. The zero-order valence-electron chi connectivity index (χ0n) is 17.1. The molecule has 0 bridgehead atoms. The molecule has 0 saturated carbocycles. The number of benzene rings is 2. The number of aryl methyl sites for hydroxylation is 1. The van der Waals surface area contributed by atoms with Crippen LogP contribution in [0, 0.1) is 6.92 Å². The number of rotatable bonds is 6. The molecule has 3 aromatic rings. The Labute approximate surface area is 180 Å². The fourth-order valence-corrected chi connectivity index (χ4v) is 4.10. The summed E-state index contributed by atoms with van der Waals surface area (Å²) in [6.07, 6.45) is 0.